The summed E-state index contributed by atoms with van der Waals surface area (Å²) < 4.78 is 39.4. The molecule has 0 bridgehead atoms. The zero-order chi connectivity index (χ0) is 15.5. The number of rotatable bonds is 5. The number of carboxylic acids is 1. The van der Waals surface area contributed by atoms with E-state index < -0.39 is 40.4 Å². The Bertz CT molecular complexity index is 521. The van der Waals surface area contributed by atoms with E-state index in [-0.39, 0.29) is 12.8 Å². The van der Waals surface area contributed by atoms with Gasteiger partial charge in [-0.3, -0.25) is 9.59 Å². The molecular formula is C13H14F3NO3. The van der Waals surface area contributed by atoms with Crippen molar-refractivity contribution in [1.82, 2.24) is 0 Å². The highest BCUT2D eigenvalue weighted by molar-refractivity contribution is 5.91. The summed E-state index contributed by atoms with van der Waals surface area (Å²) in [6.45, 7) is 3.08. The van der Waals surface area contributed by atoms with Crippen LogP contribution in [0.3, 0.4) is 0 Å². The first-order valence-electron chi connectivity index (χ1n) is 5.77. The molecule has 0 unspecified atom stereocenters. The zero-order valence-electron chi connectivity index (χ0n) is 11.0. The molecule has 20 heavy (non-hydrogen) atoms. The second kappa shape index (κ2) is 5.94. The van der Waals surface area contributed by atoms with Gasteiger partial charge in [0.1, 0.15) is 11.5 Å². The van der Waals surface area contributed by atoms with Crippen molar-refractivity contribution in [2.24, 2.45) is 5.41 Å². The highest BCUT2D eigenvalue weighted by Crippen LogP contribution is 2.27. The monoisotopic (exact) mass is 289 g/mol. The largest absolute Gasteiger partial charge is 0.481 e. The van der Waals surface area contributed by atoms with Gasteiger partial charge in [-0.05, 0) is 5.41 Å². The molecule has 0 atom stereocenters. The van der Waals surface area contributed by atoms with Crippen molar-refractivity contribution in [1.29, 1.82) is 0 Å². The molecule has 1 amide bonds. The van der Waals surface area contributed by atoms with Crippen LogP contribution in [-0.2, 0) is 9.59 Å². The number of hydrogen-bond acceptors (Lipinski definition) is 2. The third-order valence-corrected chi connectivity index (χ3v) is 2.54. The number of halogens is 3. The number of benzene rings is 1. The highest BCUT2D eigenvalue weighted by atomic mass is 19.1. The molecular weight excluding hydrogens is 275 g/mol. The van der Waals surface area contributed by atoms with E-state index in [9.17, 15) is 22.8 Å². The molecule has 0 aliphatic rings. The molecule has 1 aromatic carbocycles. The van der Waals surface area contributed by atoms with Crippen LogP contribution in [0.1, 0.15) is 26.7 Å². The summed E-state index contributed by atoms with van der Waals surface area (Å²) in [7, 11) is 0. The predicted molar refractivity (Wildman–Crippen MR) is 65.6 cm³/mol. The van der Waals surface area contributed by atoms with E-state index in [0.717, 1.165) is 0 Å². The topological polar surface area (TPSA) is 66.4 Å². The van der Waals surface area contributed by atoms with E-state index in [2.05, 4.69) is 0 Å². The Kier molecular flexibility index (Phi) is 4.75. The van der Waals surface area contributed by atoms with Crippen LogP contribution in [0, 0.1) is 22.9 Å². The van der Waals surface area contributed by atoms with Gasteiger partial charge in [0, 0.05) is 18.6 Å². The van der Waals surface area contributed by atoms with E-state index >= 15 is 0 Å². The Hall–Kier alpha value is -2.05. The number of nitrogens with one attached hydrogen (secondary N) is 1. The van der Waals surface area contributed by atoms with Crippen molar-refractivity contribution in [3.8, 4) is 0 Å². The van der Waals surface area contributed by atoms with Crippen molar-refractivity contribution in [3.05, 3.63) is 29.6 Å². The third-order valence-electron chi connectivity index (χ3n) is 2.54. The van der Waals surface area contributed by atoms with E-state index in [1.165, 1.54) is 13.8 Å². The lowest BCUT2D eigenvalue weighted by Gasteiger charge is -2.21. The number of aliphatic carboxylic acids is 1. The van der Waals surface area contributed by atoms with Crippen LogP contribution in [0.15, 0.2) is 12.1 Å². The van der Waals surface area contributed by atoms with Crippen molar-refractivity contribution in [2.75, 3.05) is 5.32 Å². The molecule has 0 fully saturated rings. The molecule has 4 nitrogen and oxygen atoms in total. The normalized spacial score (nSPS) is 11.2. The van der Waals surface area contributed by atoms with Crippen LogP contribution >= 0.6 is 0 Å². The lowest BCUT2D eigenvalue weighted by atomic mass is 9.85. The maximum absolute atomic E-state index is 13.3. The molecule has 0 heterocycles. The maximum Gasteiger partial charge on any atom is 0.303 e. The molecule has 110 valence electrons. The Labute approximate surface area is 113 Å². The van der Waals surface area contributed by atoms with Gasteiger partial charge >= 0.3 is 5.97 Å². The molecule has 0 radical (unpaired) electrons. The van der Waals surface area contributed by atoms with Gasteiger partial charge in [-0.25, -0.2) is 13.2 Å². The van der Waals surface area contributed by atoms with Crippen LogP contribution in [0.5, 0.6) is 0 Å². The Morgan fingerprint density at radius 1 is 1.15 bits per heavy atom. The first kappa shape index (κ1) is 16.0. The molecule has 0 aliphatic carbocycles. The van der Waals surface area contributed by atoms with Crippen molar-refractivity contribution < 1.29 is 27.9 Å². The first-order chi connectivity index (χ1) is 9.10. The van der Waals surface area contributed by atoms with Crippen LogP contribution in [0.4, 0.5) is 18.9 Å². The summed E-state index contributed by atoms with van der Waals surface area (Å²) in [4.78, 5) is 22.3. The minimum Gasteiger partial charge on any atom is -0.481 e. The van der Waals surface area contributed by atoms with Crippen molar-refractivity contribution in [2.45, 2.75) is 26.7 Å². The lowest BCUT2D eigenvalue weighted by molar-refractivity contribution is -0.139. The lowest BCUT2D eigenvalue weighted by Crippen LogP contribution is -2.25. The summed E-state index contributed by atoms with van der Waals surface area (Å²) in [6, 6.07) is 0.891. The van der Waals surface area contributed by atoms with Gasteiger partial charge in [0.05, 0.1) is 6.42 Å². The number of hydrogen-bond donors (Lipinski definition) is 2. The molecule has 0 aliphatic heterocycles. The summed E-state index contributed by atoms with van der Waals surface area (Å²) in [5, 5.41) is 10.7. The minimum atomic E-state index is -1.23. The smallest absolute Gasteiger partial charge is 0.303 e. The molecule has 7 heteroatoms. The number of amides is 1. The van der Waals surface area contributed by atoms with E-state index in [4.69, 9.17) is 5.11 Å². The summed E-state index contributed by atoms with van der Waals surface area (Å²) in [5.74, 6) is -5.38. The van der Waals surface area contributed by atoms with Crippen LogP contribution < -0.4 is 5.32 Å². The van der Waals surface area contributed by atoms with Crippen molar-refractivity contribution >= 4 is 17.6 Å². The number of carbonyl (C=O) groups excluding carboxylic acids is 1. The van der Waals surface area contributed by atoms with Gasteiger partial charge in [-0.1, -0.05) is 13.8 Å². The van der Waals surface area contributed by atoms with Gasteiger partial charge in [0.15, 0.2) is 11.6 Å². The Morgan fingerprint density at radius 3 is 2.10 bits per heavy atom. The molecule has 0 aromatic heterocycles. The van der Waals surface area contributed by atoms with Gasteiger partial charge in [0.25, 0.3) is 0 Å². The van der Waals surface area contributed by atoms with Crippen LogP contribution in [0.25, 0.3) is 0 Å². The number of carbonyl (C=O) groups is 2. The molecule has 1 rings (SSSR count). The standard InChI is InChI=1S/C13H14F3NO3/c1-13(2,6-11(19)20)5-10(18)17-12-8(15)3-7(14)4-9(12)16/h3-4H,5-6H2,1-2H3,(H,17,18)(H,19,20). The summed E-state index contributed by atoms with van der Waals surface area (Å²) in [6.07, 6.45) is -0.510. The SMILES string of the molecule is CC(C)(CC(=O)O)CC(=O)Nc1c(F)cc(F)cc1F. The molecule has 0 saturated heterocycles. The van der Waals surface area contributed by atoms with Gasteiger partial charge < -0.3 is 10.4 Å². The first-order valence-corrected chi connectivity index (χ1v) is 5.77. The number of carboxylic acid groups (broad SMARTS) is 1. The Morgan fingerprint density at radius 2 is 1.65 bits per heavy atom. The molecule has 2 N–H and O–H groups in total. The van der Waals surface area contributed by atoms with Crippen LogP contribution in [-0.4, -0.2) is 17.0 Å². The maximum atomic E-state index is 13.3. The van der Waals surface area contributed by atoms with Gasteiger partial charge in [0.2, 0.25) is 5.91 Å². The van der Waals surface area contributed by atoms with E-state index in [1.807, 2.05) is 5.32 Å². The fraction of sp³-hybridized carbons (Fsp3) is 0.385. The fourth-order valence-corrected chi connectivity index (χ4v) is 1.75. The average molecular weight is 289 g/mol. The third kappa shape index (κ3) is 4.56. The zero-order valence-corrected chi connectivity index (χ0v) is 11.0. The van der Waals surface area contributed by atoms with Crippen LogP contribution in [0.2, 0.25) is 0 Å². The molecule has 0 spiro atoms. The molecule has 1 aromatic rings. The van der Waals surface area contributed by atoms with Crippen molar-refractivity contribution in [3.63, 3.8) is 0 Å². The molecule has 0 saturated carbocycles. The highest BCUT2D eigenvalue weighted by Gasteiger charge is 2.26. The van der Waals surface area contributed by atoms with Gasteiger partial charge in [-0.15, -0.1) is 0 Å². The predicted octanol–water partition coefficient (Wildman–Crippen LogP) is 2.93. The van der Waals surface area contributed by atoms with E-state index in [0.29, 0.717) is 12.1 Å². The average Bonchev–Trinajstić information content (AvgIpc) is 2.20. The number of anilines is 1. The summed E-state index contributed by atoms with van der Waals surface area (Å²) >= 11 is 0. The minimum absolute atomic E-state index is 0.241. The summed E-state index contributed by atoms with van der Waals surface area (Å²) in [5.41, 5.74) is -1.62. The second-order valence-electron chi connectivity index (χ2n) is 5.20. The van der Waals surface area contributed by atoms with E-state index in [1.54, 1.807) is 0 Å². The second-order valence-corrected chi connectivity index (χ2v) is 5.20. The quantitative estimate of drug-likeness (QED) is 0.875. The fourth-order valence-electron chi connectivity index (χ4n) is 1.75. The Balaban J connectivity index is 2.79. The van der Waals surface area contributed by atoms with Gasteiger partial charge in [-0.2, -0.15) is 0 Å².